The van der Waals surface area contributed by atoms with E-state index in [9.17, 15) is 4.79 Å². The number of aryl methyl sites for hydroxylation is 1. The van der Waals surface area contributed by atoms with E-state index in [0.29, 0.717) is 15.7 Å². The highest BCUT2D eigenvalue weighted by molar-refractivity contribution is 6.35. The number of carbonyl (C=O) groups excluding carboxylic acids is 1. The molecule has 124 valence electrons. The number of hydrogen-bond donors (Lipinski definition) is 2. The number of halogens is 2. The molecule has 6 heteroatoms. The van der Waals surface area contributed by atoms with E-state index in [1.807, 2.05) is 25.1 Å². The third kappa shape index (κ3) is 3.35. The van der Waals surface area contributed by atoms with Crippen LogP contribution in [0.15, 0.2) is 36.4 Å². The molecule has 3 rings (SSSR count). The maximum Gasteiger partial charge on any atom is 0.228 e. The fourth-order valence-corrected chi connectivity index (χ4v) is 3.00. The molecule has 4 nitrogen and oxygen atoms in total. The van der Waals surface area contributed by atoms with E-state index in [2.05, 4.69) is 10.3 Å². The largest absolute Gasteiger partial charge is 0.497 e. The van der Waals surface area contributed by atoms with Gasteiger partial charge in [0.2, 0.25) is 5.91 Å². The van der Waals surface area contributed by atoms with E-state index >= 15 is 0 Å². The molecule has 2 N–H and O–H groups in total. The van der Waals surface area contributed by atoms with Crippen molar-refractivity contribution in [2.75, 3.05) is 12.4 Å². The van der Waals surface area contributed by atoms with Crippen LogP contribution in [0.25, 0.3) is 10.9 Å². The molecule has 0 atom stereocenters. The Morgan fingerprint density at radius 1 is 1.21 bits per heavy atom. The molecule has 0 bridgehead atoms. The lowest BCUT2D eigenvalue weighted by Gasteiger charge is -2.08. The summed E-state index contributed by atoms with van der Waals surface area (Å²) in [6.07, 6.45) is 0.224. The average Bonchev–Trinajstić information content (AvgIpc) is 2.86. The molecule has 1 heterocycles. The van der Waals surface area contributed by atoms with Crippen molar-refractivity contribution in [3.8, 4) is 5.75 Å². The van der Waals surface area contributed by atoms with Gasteiger partial charge >= 0.3 is 0 Å². The van der Waals surface area contributed by atoms with Gasteiger partial charge < -0.3 is 15.0 Å². The maximum absolute atomic E-state index is 12.4. The summed E-state index contributed by atoms with van der Waals surface area (Å²) in [7, 11) is 1.62. The predicted molar refractivity (Wildman–Crippen MR) is 98.4 cm³/mol. The second-order valence-electron chi connectivity index (χ2n) is 5.49. The molecule has 0 aliphatic rings. The van der Waals surface area contributed by atoms with Crippen molar-refractivity contribution >= 4 is 45.7 Å². The van der Waals surface area contributed by atoms with Crippen molar-refractivity contribution in [2.45, 2.75) is 13.3 Å². The van der Waals surface area contributed by atoms with Crippen molar-refractivity contribution in [2.24, 2.45) is 0 Å². The molecular formula is C18H16Cl2N2O2. The number of ether oxygens (including phenoxy) is 1. The first kappa shape index (κ1) is 16.7. The van der Waals surface area contributed by atoms with Crippen LogP contribution in [0.4, 0.5) is 5.69 Å². The van der Waals surface area contributed by atoms with Crippen molar-refractivity contribution in [3.05, 3.63) is 57.7 Å². The van der Waals surface area contributed by atoms with Crippen molar-refractivity contribution in [1.29, 1.82) is 0 Å². The third-order valence-electron chi connectivity index (χ3n) is 3.87. The summed E-state index contributed by atoms with van der Waals surface area (Å²) in [5.74, 6) is 0.590. The summed E-state index contributed by atoms with van der Waals surface area (Å²) in [5, 5.41) is 4.75. The number of nitrogens with one attached hydrogen (secondary N) is 2. The summed E-state index contributed by atoms with van der Waals surface area (Å²) in [4.78, 5) is 15.7. The highest BCUT2D eigenvalue weighted by Gasteiger charge is 2.14. The lowest BCUT2D eigenvalue weighted by molar-refractivity contribution is -0.115. The Morgan fingerprint density at radius 3 is 2.75 bits per heavy atom. The Hall–Kier alpha value is -2.17. The molecule has 0 aliphatic heterocycles. The molecule has 3 aromatic rings. The zero-order valence-electron chi connectivity index (χ0n) is 13.2. The van der Waals surface area contributed by atoms with Gasteiger partial charge in [-0.3, -0.25) is 4.79 Å². The van der Waals surface area contributed by atoms with E-state index in [1.165, 1.54) is 0 Å². The van der Waals surface area contributed by atoms with Crippen LogP contribution in [0.3, 0.4) is 0 Å². The van der Waals surface area contributed by atoms with E-state index in [1.54, 1.807) is 25.3 Å². The number of methoxy groups -OCH3 is 1. The second-order valence-corrected chi connectivity index (χ2v) is 6.33. The minimum Gasteiger partial charge on any atom is -0.497 e. The number of rotatable bonds is 4. The number of H-pyrrole nitrogens is 1. The zero-order chi connectivity index (χ0) is 17.3. The number of carbonyl (C=O) groups is 1. The van der Waals surface area contributed by atoms with Crippen LogP contribution in [0, 0.1) is 6.92 Å². The first-order valence-corrected chi connectivity index (χ1v) is 8.13. The van der Waals surface area contributed by atoms with Crippen LogP contribution in [0.2, 0.25) is 10.0 Å². The van der Waals surface area contributed by atoms with Crippen LogP contribution in [0.1, 0.15) is 11.3 Å². The lowest BCUT2D eigenvalue weighted by atomic mass is 10.1. The fraction of sp³-hybridized carbons (Fsp3) is 0.167. The summed E-state index contributed by atoms with van der Waals surface area (Å²) >= 11 is 12.0. The SMILES string of the molecule is COc1ccc2[nH]c(C)c(CC(=O)Nc3cc(Cl)ccc3Cl)c2c1. The number of aromatic nitrogens is 1. The molecule has 0 unspecified atom stereocenters. The topological polar surface area (TPSA) is 54.1 Å². The Bertz CT molecular complexity index is 919. The monoisotopic (exact) mass is 362 g/mol. The molecule has 0 saturated carbocycles. The van der Waals surface area contributed by atoms with Crippen molar-refractivity contribution in [1.82, 2.24) is 4.98 Å². The van der Waals surface area contributed by atoms with Gasteiger partial charge in [0, 0.05) is 21.6 Å². The average molecular weight is 363 g/mol. The van der Waals surface area contributed by atoms with Gasteiger partial charge in [-0.05, 0) is 48.9 Å². The first-order valence-electron chi connectivity index (χ1n) is 7.38. The van der Waals surface area contributed by atoms with E-state index < -0.39 is 0 Å². The van der Waals surface area contributed by atoms with Crippen LogP contribution in [-0.4, -0.2) is 18.0 Å². The van der Waals surface area contributed by atoms with E-state index in [0.717, 1.165) is 27.9 Å². The Morgan fingerprint density at radius 2 is 2.00 bits per heavy atom. The van der Waals surface area contributed by atoms with Gasteiger partial charge in [0.1, 0.15) is 5.75 Å². The number of amides is 1. The summed E-state index contributed by atoms with van der Waals surface area (Å²) in [5.41, 5.74) is 3.35. The smallest absolute Gasteiger partial charge is 0.228 e. The minimum atomic E-state index is -0.161. The first-order chi connectivity index (χ1) is 11.5. The number of hydrogen-bond acceptors (Lipinski definition) is 2. The van der Waals surface area contributed by atoms with Gasteiger partial charge in [-0.15, -0.1) is 0 Å². The summed E-state index contributed by atoms with van der Waals surface area (Å²) in [6, 6.07) is 10.7. The molecule has 0 aliphatic carbocycles. The highest BCUT2D eigenvalue weighted by atomic mass is 35.5. The summed E-state index contributed by atoms with van der Waals surface area (Å²) < 4.78 is 5.27. The van der Waals surface area contributed by atoms with E-state index in [4.69, 9.17) is 27.9 Å². The van der Waals surface area contributed by atoms with Crippen LogP contribution < -0.4 is 10.1 Å². The molecule has 1 amide bonds. The molecule has 0 radical (unpaired) electrons. The quantitative estimate of drug-likeness (QED) is 0.687. The zero-order valence-corrected chi connectivity index (χ0v) is 14.8. The van der Waals surface area contributed by atoms with Crippen LogP contribution >= 0.6 is 23.2 Å². The van der Waals surface area contributed by atoms with Crippen LogP contribution in [0.5, 0.6) is 5.75 Å². The Balaban J connectivity index is 1.87. The normalized spacial score (nSPS) is 10.8. The third-order valence-corrected chi connectivity index (χ3v) is 4.43. The highest BCUT2D eigenvalue weighted by Crippen LogP contribution is 2.28. The molecule has 0 spiro atoms. The molecular weight excluding hydrogens is 347 g/mol. The molecule has 1 aromatic heterocycles. The second kappa shape index (κ2) is 6.75. The Labute approximate surface area is 149 Å². The van der Waals surface area contributed by atoms with Gasteiger partial charge in [-0.2, -0.15) is 0 Å². The van der Waals surface area contributed by atoms with Gasteiger partial charge in [-0.25, -0.2) is 0 Å². The Kier molecular flexibility index (Phi) is 4.69. The minimum absolute atomic E-state index is 0.161. The van der Waals surface area contributed by atoms with Gasteiger partial charge in [0.15, 0.2) is 0 Å². The van der Waals surface area contributed by atoms with Crippen LogP contribution in [-0.2, 0) is 11.2 Å². The number of aromatic amines is 1. The van der Waals surface area contributed by atoms with Gasteiger partial charge in [0.05, 0.1) is 24.2 Å². The summed E-state index contributed by atoms with van der Waals surface area (Å²) in [6.45, 7) is 1.95. The lowest BCUT2D eigenvalue weighted by Crippen LogP contribution is -2.15. The van der Waals surface area contributed by atoms with Gasteiger partial charge in [0.25, 0.3) is 0 Å². The fourth-order valence-electron chi connectivity index (χ4n) is 2.66. The molecule has 2 aromatic carbocycles. The standard InChI is InChI=1S/C18H16Cl2N2O2/c1-10-13(14-8-12(24-2)4-6-16(14)21-10)9-18(23)22-17-7-11(19)3-5-15(17)20/h3-8,21H,9H2,1-2H3,(H,22,23). The maximum atomic E-state index is 12.4. The van der Waals surface area contributed by atoms with Crippen molar-refractivity contribution < 1.29 is 9.53 Å². The molecule has 24 heavy (non-hydrogen) atoms. The molecule has 0 fully saturated rings. The van der Waals surface area contributed by atoms with Gasteiger partial charge in [-0.1, -0.05) is 23.2 Å². The van der Waals surface area contributed by atoms with Crippen molar-refractivity contribution in [3.63, 3.8) is 0 Å². The number of fused-ring (bicyclic) bond motifs is 1. The number of benzene rings is 2. The number of anilines is 1. The van der Waals surface area contributed by atoms with E-state index in [-0.39, 0.29) is 12.3 Å². The predicted octanol–water partition coefficient (Wildman–Crippen LogP) is 4.97. The molecule has 0 saturated heterocycles.